The first-order valence-electron chi connectivity index (χ1n) is 8.45. The minimum atomic E-state index is -0.511. The second kappa shape index (κ2) is 8.23. The predicted octanol–water partition coefficient (Wildman–Crippen LogP) is 3.30. The average Bonchev–Trinajstić information content (AvgIpc) is 3.00. The van der Waals surface area contributed by atoms with Crippen LogP contribution in [0.4, 0.5) is 5.69 Å². The maximum atomic E-state index is 12.8. The number of hydrogen-bond acceptors (Lipinski definition) is 5. The SMILES string of the molecule is C/C(=N\NC(=O)c1ccccc1Br)c1c(C)[nH]n(-c2ccc([N+](=O)[O-])cc2)c1=O. The maximum absolute atomic E-state index is 12.8. The topological polar surface area (TPSA) is 122 Å². The molecule has 0 radical (unpaired) electrons. The summed E-state index contributed by atoms with van der Waals surface area (Å²) in [6, 6.07) is 12.5. The summed E-state index contributed by atoms with van der Waals surface area (Å²) in [5.74, 6) is -0.416. The molecule has 0 fully saturated rings. The van der Waals surface area contributed by atoms with Crippen LogP contribution in [0.5, 0.6) is 0 Å². The highest BCUT2D eigenvalue weighted by atomic mass is 79.9. The highest BCUT2D eigenvalue weighted by molar-refractivity contribution is 9.10. The Balaban J connectivity index is 1.88. The summed E-state index contributed by atoms with van der Waals surface area (Å²) in [5.41, 5.74) is 4.02. The Labute approximate surface area is 173 Å². The van der Waals surface area contributed by atoms with Crippen LogP contribution in [0.25, 0.3) is 5.69 Å². The number of nitro benzene ring substituents is 1. The van der Waals surface area contributed by atoms with E-state index in [1.165, 1.54) is 28.9 Å². The van der Waals surface area contributed by atoms with E-state index in [1.807, 2.05) is 0 Å². The van der Waals surface area contributed by atoms with Crippen molar-refractivity contribution in [2.24, 2.45) is 5.10 Å². The molecule has 1 amide bonds. The Morgan fingerprint density at radius 2 is 1.86 bits per heavy atom. The third-order valence-electron chi connectivity index (χ3n) is 4.20. The van der Waals surface area contributed by atoms with Crippen LogP contribution in [-0.4, -0.2) is 26.3 Å². The highest BCUT2D eigenvalue weighted by Gasteiger charge is 2.17. The second-order valence-corrected chi connectivity index (χ2v) is 7.00. The first-order valence-corrected chi connectivity index (χ1v) is 9.25. The van der Waals surface area contributed by atoms with E-state index in [2.05, 4.69) is 31.6 Å². The molecule has 3 aromatic rings. The van der Waals surface area contributed by atoms with Crippen molar-refractivity contribution in [1.29, 1.82) is 0 Å². The van der Waals surface area contributed by atoms with Crippen LogP contribution in [0.1, 0.15) is 28.5 Å². The number of H-pyrrole nitrogens is 1. The van der Waals surface area contributed by atoms with Gasteiger partial charge in [-0.25, -0.2) is 10.1 Å². The summed E-state index contributed by atoms with van der Waals surface area (Å²) >= 11 is 3.31. The number of halogens is 1. The van der Waals surface area contributed by atoms with Crippen molar-refractivity contribution in [3.8, 4) is 5.69 Å². The number of amides is 1. The van der Waals surface area contributed by atoms with Gasteiger partial charge in [-0.15, -0.1) is 0 Å². The van der Waals surface area contributed by atoms with Gasteiger partial charge < -0.3 is 0 Å². The second-order valence-electron chi connectivity index (χ2n) is 6.14. The monoisotopic (exact) mass is 457 g/mol. The molecule has 0 saturated carbocycles. The molecule has 29 heavy (non-hydrogen) atoms. The number of carbonyl (C=O) groups excluding carboxylic acids is 1. The van der Waals surface area contributed by atoms with Crippen molar-refractivity contribution in [3.63, 3.8) is 0 Å². The number of aryl methyl sites for hydroxylation is 1. The van der Waals surface area contributed by atoms with Gasteiger partial charge in [0.05, 0.1) is 27.4 Å². The Morgan fingerprint density at radius 3 is 2.48 bits per heavy atom. The molecule has 9 nitrogen and oxygen atoms in total. The number of benzene rings is 2. The molecule has 2 aromatic carbocycles. The zero-order valence-electron chi connectivity index (χ0n) is 15.5. The number of hydrogen-bond donors (Lipinski definition) is 2. The molecule has 0 unspecified atom stereocenters. The summed E-state index contributed by atoms with van der Waals surface area (Å²) in [4.78, 5) is 35.4. The number of carbonyl (C=O) groups is 1. The van der Waals surface area contributed by atoms with Crippen LogP contribution in [0.2, 0.25) is 0 Å². The van der Waals surface area contributed by atoms with Crippen LogP contribution in [0.3, 0.4) is 0 Å². The number of aromatic amines is 1. The van der Waals surface area contributed by atoms with Crippen LogP contribution >= 0.6 is 15.9 Å². The van der Waals surface area contributed by atoms with E-state index < -0.39 is 10.8 Å². The largest absolute Gasteiger partial charge is 0.295 e. The van der Waals surface area contributed by atoms with Crippen LogP contribution in [0, 0.1) is 17.0 Å². The minimum Gasteiger partial charge on any atom is -0.295 e. The van der Waals surface area contributed by atoms with E-state index in [0.717, 1.165) is 0 Å². The number of rotatable bonds is 5. The van der Waals surface area contributed by atoms with Gasteiger partial charge >= 0.3 is 0 Å². The van der Waals surface area contributed by atoms with Gasteiger partial charge in [-0.3, -0.25) is 24.8 Å². The van der Waals surface area contributed by atoms with E-state index in [0.29, 0.717) is 32.7 Å². The van der Waals surface area contributed by atoms with E-state index in [-0.39, 0.29) is 11.2 Å². The Hall–Kier alpha value is -3.53. The van der Waals surface area contributed by atoms with Gasteiger partial charge in [0.1, 0.15) is 0 Å². The number of nitrogens with one attached hydrogen (secondary N) is 2. The van der Waals surface area contributed by atoms with Gasteiger partial charge in [0.25, 0.3) is 17.2 Å². The van der Waals surface area contributed by atoms with E-state index in [1.54, 1.807) is 38.1 Å². The molecule has 0 saturated heterocycles. The molecule has 0 bridgehead atoms. The molecular formula is C19H16BrN5O4. The molecule has 0 aliphatic carbocycles. The van der Waals surface area contributed by atoms with Crippen molar-refractivity contribution < 1.29 is 9.72 Å². The van der Waals surface area contributed by atoms with Crippen LogP contribution in [-0.2, 0) is 0 Å². The molecule has 0 aliphatic heterocycles. The van der Waals surface area contributed by atoms with Gasteiger partial charge in [-0.2, -0.15) is 5.10 Å². The average molecular weight is 458 g/mol. The summed E-state index contributed by atoms with van der Waals surface area (Å²) in [5, 5.41) is 17.8. The van der Waals surface area contributed by atoms with Gasteiger partial charge in [0.2, 0.25) is 0 Å². The summed E-state index contributed by atoms with van der Waals surface area (Å²) in [7, 11) is 0. The predicted molar refractivity (Wildman–Crippen MR) is 112 cm³/mol. The number of hydrazone groups is 1. The fourth-order valence-corrected chi connectivity index (χ4v) is 3.24. The molecule has 10 heteroatoms. The molecule has 0 atom stereocenters. The Morgan fingerprint density at radius 1 is 1.21 bits per heavy atom. The molecule has 2 N–H and O–H groups in total. The highest BCUT2D eigenvalue weighted by Crippen LogP contribution is 2.16. The van der Waals surface area contributed by atoms with Gasteiger partial charge in [0.15, 0.2) is 0 Å². The van der Waals surface area contributed by atoms with E-state index in [9.17, 15) is 19.7 Å². The lowest BCUT2D eigenvalue weighted by atomic mass is 10.2. The standard InChI is InChI=1S/C19H16BrN5O4/c1-11(21-22-18(26)15-5-3-4-6-16(15)20)17-12(2)23-24(19(17)27)13-7-9-14(10-8-13)25(28)29/h3-10,23H,1-2H3,(H,22,26)/b21-11+. The first-order chi connectivity index (χ1) is 13.8. The number of nitrogens with zero attached hydrogens (tertiary/aromatic N) is 3. The summed E-state index contributed by atoms with van der Waals surface area (Å²) in [6.45, 7) is 3.31. The number of aromatic nitrogens is 2. The fraction of sp³-hybridized carbons (Fsp3) is 0.105. The van der Waals surface area contributed by atoms with Crippen molar-refractivity contribution in [2.75, 3.05) is 0 Å². The Kier molecular flexibility index (Phi) is 5.74. The van der Waals surface area contributed by atoms with Crippen molar-refractivity contribution in [1.82, 2.24) is 15.2 Å². The van der Waals surface area contributed by atoms with Crippen LogP contribution < -0.4 is 11.0 Å². The molecule has 1 aromatic heterocycles. The lowest BCUT2D eigenvalue weighted by molar-refractivity contribution is -0.384. The smallest absolute Gasteiger partial charge is 0.280 e. The molecule has 0 aliphatic rings. The van der Waals surface area contributed by atoms with Gasteiger partial charge in [-0.1, -0.05) is 12.1 Å². The maximum Gasteiger partial charge on any atom is 0.280 e. The summed E-state index contributed by atoms with van der Waals surface area (Å²) < 4.78 is 1.90. The molecular weight excluding hydrogens is 442 g/mol. The van der Waals surface area contributed by atoms with E-state index in [4.69, 9.17) is 0 Å². The third-order valence-corrected chi connectivity index (χ3v) is 4.89. The van der Waals surface area contributed by atoms with Crippen molar-refractivity contribution in [3.05, 3.63) is 90.3 Å². The quantitative estimate of drug-likeness (QED) is 0.346. The lowest BCUT2D eigenvalue weighted by Gasteiger charge is -2.03. The zero-order chi connectivity index (χ0) is 21.1. The van der Waals surface area contributed by atoms with Crippen molar-refractivity contribution in [2.45, 2.75) is 13.8 Å². The molecule has 148 valence electrons. The normalized spacial score (nSPS) is 11.3. The van der Waals surface area contributed by atoms with Crippen LogP contribution in [0.15, 0.2) is 62.9 Å². The first kappa shape index (κ1) is 20.2. The lowest BCUT2D eigenvalue weighted by Crippen LogP contribution is -2.23. The zero-order valence-corrected chi connectivity index (χ0v) is 17.1. The Bertz CT molecular complexity index is 1180. The fourth-order valence-electron chi connectivity index (χ4n) is 2.77. The molecule has 1 heterocycles. The minimum absolute atomic E-state index is 0.0715. The van der Waals surface area contributed by atoms with E-state index >= 15 is 0 Å². The van der Waals surface area contributed by atoms with Crippen molar-refractivity contribution >= 4 is 33.2 Å². The number of nitro groups is 1. The summed E-state index contributed by atoms with van der Waals surface area (Å²) in [6.07, 6.45) is 0. The van der Waals surface area contributed by atoms with Gasteiger partial charge in [-0.05, 0) is 54.0 Å². The third kappa shape index (κ3) is 4.16. The van der Waals surface area contributed by atoms with Gasteiger partial charge in [0, 0.05) is 22.3 Å². The number of non-ortho nitro benzene ring substituents is 1. The molecule has 3 rings (SSSR count). The molecule has 0 spiro atoms.